The lowest BCUT2D eigenvalue weighted by atomic mass is 10.1. The summed E-state index contributed by atoms with van der Waals surface area (Å²) in [4.78, 5) is 27.6. The maximum Gasteiger partial charge on any atom is 0.294 e. The van der Waals surface area contributed by atoms with Gasteiger partial charge in [-0.3, -0.25) is 9.59 Å². The van der Waals surface area contributed by atoms with Crippen molar-refractivity contribution in [2.24, 2.45) is 0 Å². The van der Waals surface area contributed by atoms with Gasteiger partial charge in [0.15, 0.2) is 17.2 Å². The molecule has 0 aliphatic rings. The van der Waals surface area contributed by atoms with E-state index in [2.05, 4.69) is 17.2 Å². The number of aromatic nitrogens is 1. The number of carbonyl (C=O) groups excluding carboxylic acids is 1. The first-order valence-corrected chi connectivity index (χ1v) is 11.8. The minimum Gasteiger partial charge on any atom is -0.504 e. The number of hydrogen-bond donors (Lipinski definition) is 4. The number of fused-ring (bicyclic) bond motifs is 1. The molecule has 0 saturated heterocycles. The van der Waals surface area contributed by atoms with Gasteiger partial charge in [-0.2, -0.15) is 0 Å². The molecule has 0 saturated carbocycles. The van der Waals surface area contributed by atoms with Gasteiger partial charge >= 0.3 is 0 Å². The molecule has 0 radical (unpaired) electrons. The highest BCUT2D eigenvalue weighted by Gasteiger charge is 2.14. The predicted molar refractivity (Wildman–Crippen MR) is 139 cm³/mol. The number of aromatic hydroxyl groups is 2. The number of methoxy groups -OCH3 is 2. The molecule has 3 rings (SSSR count). The Bertz CT molecular complexity index is 1270. The zero-order chi connectivity index (χ0) is 26.1. The van der Waals surface area contributed by atoms with Crippen LogP contribution in [0.1, 0.15) is 44.6 Å². The second-order valence-corrected chi connectivity index (χ2v) is 8.25. The third kappa shape index (κ3) is 6.50. The molecule has 0 bridgehead atoms. The number of aromatic amines is 1. The molecule has 36 heavy (non-hydrogen) atoms. The van der Waals surface area contributed by atoms with E-state index in [-0.39, 0.29) is 28.7 Å². The fourth-order valence-electron chi connectivity index (χ4n) is 3.72. The first kappa shape index (κ1) is 26.5. The van der Waals surface area contributed by atoms with Crippen LogP contribution >= 0.6 is 0 Å². The first-order chi connectivity index (χ1) is 17.4. The molecule has 2 aromatic carbocycles. The molecule has 0 aliphatic carbocycles. The molecule has 0 unspecified atom stereocenters. The SMILES string of the molecule is CCCCCCCOc1c(O)c2ccc(NC(=O)/C=C/c3cc(OC)c(O)c(OC)c3)cc2[nH]c1=O. The number of phenols is 1. The van der Waals surface area contributed by atoms with Gasteiger partial charge in [-0.05, 0) is 48.4 Å². The minimum absolute atomic E-state index is 0.0996. The number of pyridine rings is 1. The van der Waals surface area contributed by atoms with Crippen LogP contribution in [0.15, 0.2) is 41.2 Å². The lowest BCUT2D eigenvalue weighted by Crippen LogP contribution is -2.13. The van der Waals surface area contributed by atoms with E-state index in [1.807, 2.05) is 0 Å². The topological polar surface area (TPSA) is 130 Å². The molecule has 3 aromatic rings. The quantitative estimate of drug-likeness (QED) is 0.206. The fraction of sp³-hybridized carbons (Fsp3) is 0.333. The zero-order valence-corrected chi connectivity index (χ0v) is 20.7. The van der Waals surface area contributed by atoms with E-state index in [0.717, 1.165) is 32.1 Å². The second kappa shape index (κ2) is 12.5. The number of benzene rings is 2. The molecule has 4 N–H and O–H groups in total. The van der Waals surface area contributed by atoms with Crippen LogP contribution in [0.3, 0.4) is 0 Å². The van der Waals surface area contributed by atoms with E-state index in [1.54, 1.807) is 36.4 Å². The fourth-order valence-corrected chi connectivity index (χ4v) is 3.72. The highest BCUT2D eigenvalue weighted by molar-refractivity contribution is 6.03. The molecule has 0 atom stereocenters. The molecule has 0 spiro atoms. The van der Waals surface area contributed by atoms with Crippen molar-refractivity contribution < 1.29 is 29.2 Å². The van der Waals surface area contributed by atoms with Crippen LogP contribution in [0.25, 0.3) is 17.0 Å². The molecule has 0 aliphatic heterocycles. The smallest absolute Gasteiger partial charge is 0.294 e. The molecular formula is C27H32N2O7. The molecule has 9 heteroatoms. The second-order valence-electron chi connectivity index (χ2n) is 8.25. The van der Waals surface area contributed by atoms with Crippen LogP contribution in [-0.4, -0.2) is 41.9 Å². The highest BCUT2D eigenvalue weighted by atomic mass is 16.5. The summed E-state index contributed by atoms with van der Waals surface area (Å²) < 4.78 is 15.8. The van der Waals surface area contributed by atoms with Crippen molar-refractivity contribution in [2.75, 3.05) is 26.1 Å². The minimum atomic E-state index is -0.535. The van der Waals surface area contributed by atoms with Crippen molar-refractivity contribution >= 4 is 28.6 Å². The molecule has 0 fully saturated rings. The van der Waals surface area contributed by atoms with Crippen LogP contribution in [0, 0.1) is 0 Å². The first-order valence-electron chi connectivity index (χ1n) is 11.8. The van der Waals surface area contributed by atoms with Gasteiger partial charge < -0.3 is 34.7 Å². The Kier molecular flexibility index (Phi) is 9.21. The summed E-state index contributed by atoms with van der Waals surface area (Å²) in [6.07, 6.45) is 8.09. The van der Waals surface area contributed by atoms with Gasteiger partial charge in [-0.15, -0.1) is 0 Å². The summed E-state index contributed by atoms with van der Waals surface area (Å²) in [6, 6.07) is 7.91. The zero-order valence-electron chi connectivity index (χ0n) is 20.7. The lowest BCUT2D eigenvalue weighted by molar-refractivity contribution is -0.111. The highest BCUT2D eigenvalue weighted by Crippen LogP contribution is 2.37. The van der Waals surface area contributed by atoms with Crippen molar-refractivity contribution in [3.05, 3.63) is 52.3 Å². The van der Waals surface area contributed by atoms with Crippen molar-refractivity contribution in [3.63, 3.8) is 0 Å². The average Bonchev–Trinajstić information content (AvgIpc) is 2.86. The Morgan fingerprint density at radius 3 is 2.36 bits per heavy atom. The van der Waals surface area contributed by atoms with Gasteiger partial charge in [-0.25, -0.2) is 0 Å². The Morgan fingerprint density at radius 2 is 1.69 bits per heavy atom. The van der Waals surface area contributed by atoms with E-state index in [1.165, 1.54) is 20.3 Å². The Hall–Kier alpha value is -4.14. The van der Waals surface area contributed by atoms with Crippen molar-refractivity contribution in [1.82, 2.24) is 4.98 Å². The standard InChI is InChI=1S/C27H32N2O7/c1-4-5-6-7-8-13-36-26-24(31)19-11-10-18(16-20(19)29-27(26)33)28-23(30)12-9-17-14-21(34-2)25(32)22(15-17)35-3/h9-12,14-16,32H,4-8,13H2,1-3H3,(H,28,30)(H2,29,31,33)/b12-9+. The number of amides is 1. The number of H-pyrrole nitrogens is 1. The van der Waals surface area contributed by atoms with Crippen LogP contribution in [0.4, 0.5) is 5.69 Å². The van der Waals surface area contributed by atoms with E-state index in [0.29, 0.717) is 28.8 Å². The van der Waals surface area contributed by atoms with Crippen molar-refractivity contribution in [2.45, 2.75) is 39.0 Å². The Labute approximate surface area is 209 Å². The number of unbranched alkanes of at least 4 members (excludes halogenated alkanes) is 4. The van der Waals surface area contributed by atoms with Gasteiger partial charge in [0.05, 0.1) is 26.3 Å². The van der Waals surface area contributed by atoms with Crippen LogP contribution in [0.2, 0.25) is 0 Å². The number of phenolic OH excluding ortho intramolecular Hbond substituents is 1. The van der Waals surface area contributed by atoms with Crippen LogP contribution < -0.4 is 25.1 Å². The summed E-state index contributed by atoms with van der Waals surface area (Å²) in [5.74, 6) is -0.446. The number of carbonyl (C=O) groups is 1. The molecule has 1 heterocycles. The lowest BCUT2D eigenvalue weighted by Gasteiger charge is -2.11. The summed E-state index contributed by atoms with van der Waals surface area (Å²) in [6.45, 7) is 2.49. The van der Waals surface area contributed by atoms with Crippen LogP contribution in [0.5, 0.6) is 28.7 Å². The summed E-state index contributed by atoms with van der Waals surface area (Å²) in [5.41, 5.74) is 0.842. The van der Waals surface area contributed by atoms with E-state index < -0.39 is 11.5 Å². The van der Waals surface area contributed by atoms with Gasteiger partial charge in [-0.1, -0.05) is 32.6 Å². The molecule has 192 valence electrons. The van der Waals surface area contributed by atoms with Gasteiger partial charge in [0.1, 0.15) is 0 Å². The van der Waals surface area contributed by atoms with Crippen molar-refractivity contribution in [1.29, 1.82) is 0 Å². The number of hydrogen-bond acceptors (Lipinski definition) is 7. The third-order valence-corrected chi connectivity index (χ3v) is 5.64. The number of rotatable bonds is 12. The summed E-state index contributed by atoms with van der Waals surface area (Å²) >= 11 is 0. The monoisotopic (exact) mass is 496 g/mol. The largest absolute Gasteiger partial charge is 0.504 e. The molecule has 1 aromatic heterocycles. The van der Waals surface area contributed by atoms with E-state index >= 15 is 0 Å². The van der Waals surface area contributed by atoms with Gasteiger partial charge in [0.2, 0.25) is 17.4 Å². The van der Waals surface area contributed by atoms with Gasteiger partial charge in [0.25, 0.3) is 5.56 Å². The average molecular weight is 497 g/mol. The number of nitrogens with one attached hydrogen (secondary N) is 2. The number of anilines is 1. The Balaban J connectivity index is 1.70. The third-order valence-electron chi connectivity index (χ3n) is 5.64. The van der Waals surface area contributed by atoms with E-state index in [4.69, 9.17) is 14.2 Å². The number of ether oxygens (including phenoxy) is 3. The molecule has 9 nitrogen and oxygen atoms in total. The molecule has 1 amide bonds. The van der Waals surface area contributed by atoms with Gasteiger partial charge in [0, 0.05) is 17.1 Å². The van der Waals surface area contributed by atoms with Crippen LogP contribution in [-0.2, 0) is 4.79 Å². The maximum atomic E-state index is 12.5. The normalized spacial score (nSPS) is 11.1. The van der Waals surface area contributed by atoms with Crippen molar-refractivity contribution in [3.8, 4) is 28.7 Å². The summed E-state index contributed by atoms with van der Waals surface area (Å²) in [5, 5.41) is 23.7. The molecular weight excluding hydrogens is 464 g/mol. The predicted octanol–water partition coefficient (Wildman–Crippen LogP) is 4.96. The van der Waals surface area contributed by atoms with E-state index in [9.17, 15) is 19.8 Å². The Morgan fingerprint density at radius 1 is 1.00 bits per heavy atom. The maximum absolute atomic E-state index is 12.5. The summed E-state index contributed by atoms with van der Waals surface area (Å²) in [7, 11) is 2.83.